The van der Waals surface area contributed by atoms with Crippen LogP contribution in [-0.2, 0) is 19.4 Å². The summed E-state index contributed by atoms with van der Waals surface area (Å²) in [6.07, 6.45) is 3.26. The molecule has 0 bridgehead atoms. The zero-order valence-electron chi connectivity index (χ0n) is 16.1. The second-order valence-corrected chi connectivity index (χ2v) is 8.39. The van der Waals surface area contributed by atoms with Crippen LogP contribution in [0.1, 0.15) is 38.9 Å². The van der Waals surface area contributed by atoms with E-state index in [4.69, 9.17) is 4.98 Å². The van der Waals surface area contributed by atoms with E-state index in [2.05, 4.69) is 10.1 Å². The zero-order valence-corrected chi connectivity index (χ0v) is 16.9. The van der Waals surface area contributed by atoms with E-state index in [-0.39, 0.29) is 24.9 Å². The Kier molecular flexibility index (Phi) is 4.52. The highest BCUT2D eigenvalue weighted by atomic mass is 32.1. The number of hydrogen-bond donors (Lipinski definition) is 1. The van der Waals surface area contributed by atoms with Crippen molar-refractivity contribution in [3.63, 3.8) is 0 Å². The van der Waals surface area contributed by atoms with Crippen molar-refractivity contribution in [1.29, 1.82) is 0 Å². The predicted octanol–water partition coefficient (Wildman–Crippen LogP) is 2.77. The number of aryl methyl sites for hydroxylation is 3. The van der Waals surface area contributed by atoms with Crippen LogP contribution in [-0.4, -0.2) is 48.6 Å². The molecule has 3 aromatic heterocycles. The standard InChI is InChI=1S/C21H21N5O2S/c1-13-22-20-17(15-8-5-9-16(15)29-20)19-23-18(24-26(13)19)21(28)25(10-11-27)12-14-6-3-2-4-7-14/h2-4,6-7,27H,5,8-12H2,1H3. The van der Waals surface area contributed by atoms with E-state index in [1.54, 1.807) is 20.8 Å². The molecular formula is C21H21N5O2S. The van der Waals surface area contributed by atoms with E-state index in [0.717, 1.165) is 40.9 Å². The molecule has 7 nitrogen and oxygen atoms in total. The number of carbonyl (C=O) groups excluding carboxylic acids is 1. The number of fused-ring (bicyclic) bond motifs is 5. The third kappa shape index (κ3) is 3.08. The van der Waals surface area contributed by atoms with Gasteiger partial charge in [-0.05, 0) is 37.3 Å². The fourth-order valence-corrected chi connectivity index (χ4v) is 5.30. The van der Waals surface area contributed by atoms with Gasteiger partial charge in [-0.15, -0.1) is 16.4 Å². The van der Waals surface area contributed by atoms with Crippen LogP contribution in [0.5, 0.6) is 0 Å². The smallest absolute Gasteiger partial charge is 0.293 e. The summed E-state index contributed by atoms with van der Waals surface area (Å²) in [5.41, 5.74) is 3.01. The highest BCUT2D eigenvalue weighted by Gasteiger charge is 2.26. The summed E-state index contributed by atoms with van der Waals surface area (Å²) < 4.78 is 1.68. The third-order valence-electron chi connectivity index (χ3n) is 5.37. The SMILES string of the molecule is Cc1nc2sc3c(c2c2nc(C(=O)N(CCO)Cc4ccccc4)nn12)CCC3. The van der Waals surface area contributed by atoms with Gasteiger partial charge >= 0.3 is 0 Å². The molecule has 1 aliphatic carbocycles. The van der Waals surface area contributed by atoms with Gasteiger partial charge in [0, 0.05) is 18.0 Å². The van der Waals surface area contributed by atoms with Gasteiger partial charge in [-0.2, -0.15) is 4.52 Å². The second kappa shape index (κ2) is 7.20. The minimum Gasteiger partial charge on any atom is -0.395 e. The lowest BCUT2D eigenvalue weighted by molar-refractivity contribution is 0.0696. The molecule has 0 saturated carbocycles. The number of aliphatic hydroxyl groups excluding tert-OH is 1. The van der Waals surface area contributed by atoms with Crippen LogP contribution in [0.2, 0.25) is 0 Å². The molecule has 0 aliphatic heterocycles. The molecule has 1 aromatic carbocycles. The Morgan fingerprint density at radius 2 is 2.07 bits per heavy atom. The number of carbonyl (C=O) groups is 1. The van der Waals surface area contributed by atoms with Crippen LogP contribution in [0, 0.1) is 6.92 Å². The molecule has 0 atom stereocenters. The molecule has 0 fully saturated rings. The molecule has 1 aliphatic rings. The van der Waals surface area contributed by atoms with Gasteiger partial charge in [0.15, 0.2) is 5.65 Å². The van der Waals surface area contributed by atoms with Crippen molar-refractivity contribution < 1.29 is 9.90 Å². The van der Waals surface area contributed by atoms with E-state index < -0.39 is 0 Å². The molecular weight excluding hydrogens is 386 g/mol. The van der Waals surface area contributed by atoms with E-state index in [1.807, 2.05) is 37.3 Å². The van der Waals surface area contributed by atoms with Crippen molar-refractivity contribution >= 4 is 33.1 Å². The van der Waals surface area contributed by atoms with Crippen molar-refractivity contribution in [3.8, 4) is 0 Å². The van der Waals surface area contributed by atoms with Crippen LogP contribution in [0.25, 0.3) is 15.9 Å². The summed E-state index contributed by atoms with van der Waals surface area (Å²) in [4.78, 5) is 26.5. The molecule has 1 N–H and O–H groups in total. The van der Waals surface area contributed by atoms with Crippen LogP contribution in [0.4, 0.5) is 0 Å². The van der Waals surface area contributed by atoms with Crippen molar-refractivity contribution in [2.75, 3.05) is 13.2 Å². The molecule has 0 unspecified atom stereocenters. The minimum atomic E-state index is -0.286. The van der Waals surface area contributed by atoms with Crippen LogP contribution in [0.15, 0.2) is 30.3 Å². The maximum absolute atomic E-state index is 13.2. The first-order valence-electron chi connectivity index (χ1n) is 9.77. The molecule has 0 saturated heterocycles. The van der Waals surface area contributed by atoms with Gasteiger partial charge in [0.25, 0.3) is 5.91 Å². The summed E-state index contributed by atoms with van der Waals surface area (Å²) >= 11 is 1.73. The first kappa shape index (κ1) is 18.2. The van der Waals surface area contributed by atoms with Crippen molar-refractivity contribution in [2.24, 2.45) is 0 Å². The van der Waals surface area contributed by atoms with E-state index in [0.29, 0.717) is 12.2 Å². The van der Waals surface area contributed by atoms with Crippen molar-refractivity contribution in [3.05, 3.63) is 58.0 Å². The number of benzene rings is 1. The fraction of sp³-hybridized carbons (Fsp3) is 0.333. The first-order chi connectivity index (χ1) is 14.2. The van der Waals surface area contributed by atoms with Gasteiger partial charge in [0.1, 0.15) is 10.7 Å². The minimum absolute atomic E-state index is 0.116. The number of amides is 1. The summed E-state index contributed by atoms with van der Waals surface area (Å²) in [7, 11) is 0. The summed E-state index contributed by atoms with van der Waals surface area (Å²) in [6, 6.07) is 9.72. The molecule has 0 radical (unpaired) electrons. The Morgan fingerprint density at radius 1 is 1.24 bits per heavy atom. The summed E-state index contributed by atoms with van der Waals surface area (Å²) in [5.74, 6) is 0.575. The number of aliphatic hydroxyl groups is 1. The van der Waals surface area contributed by atoms with Gasteiger partial charge in [0.05, 0.1) is 12.0 Å². The Labute approximate surface area is 171 Å². The molecule has 29 heavy (non-hydrogen) atoms. The Morgan fingerprint density at radius 3 is 2.86 bits per heavy atom. The molecule has 5 rings (SSSR count). The molecule has 1 amide bonds. The summed E-state index contributed by atoms with van der Waals surface area (Å²) in [5, 5.41) is 15.0. The van der Waals surface area contributed by atoms with Gasteiger partial charge < -0.3 is 10.0 Å². The number of rotatable bonds is 5. The molecule has 4 aromatic rings. The van der Waals surface area contributed by atoms with Gasteiger partial charge in [-0.25, -0.2) is 9.97 Å². The quantitative estimate of drug-likeness (QED) is 0.550. The average Bonchev–Trinajstić information content (AvgIpc) is 3.42. The van der Waals surface area contributed by atoms with Gasteiger partial charge in [-0.1, -0.05) is 30.3 Å². The third-order valence-corrected chi connectivity index (χ3v) is 6.55. The second-order valence-electron chi connectivity index (χ2n) is 7.30. The topological polar surface area (TPSA) is 83.6 Å². The number of aromatic nitrogens is 4. The maximum Gasteiger partial charge on any atom is 0.293 e. The lowest BCUT2D eigenvalue weighted by atomic mass is 10.2. The van der Waals surface area contributed by atoms with E-state index >= 15 is 0 Å². The monoisotopic (exact) mass is 407 g/mol. The van der Waals surface area contributed by atoms with Crippen molar-refractivity contribution in [2.45, 2.75) is 32.7 Å². The Balaban J connectivity index is 1.57. The predicted molar refractivity (Wildman–Crippen MR) is 111 cm³/mol. The highest BCUT2D eigenvalue weighted by molar-refractivity contribution is 7.19. The molecule has 0 spiro atoms. The summed E-state index contributed by atoms with van der Waals surface area (Å²) in [6.45, 7) is 2.39. The number of thiophene rings is 1. The maximum atomic E-state index is 13.2. The first-order valence-corrected chi connectivity index (χ1v) is 10.6. The normalized spacial score (nSPS) is 13.3. The van der Waals surface area contributed by atoms with Crippen molar-refractivity contribution in [1.82, 2.24) is 24.5 Å². The lowest BCUT2D eigenvalue weighted by Gasteiger charge is -2.20. The average molecular weight is 407 g/mol. The largest absolute Gasteiger partial charge is 0.395 e. The Bertz CT molecular complexity index is 1210. The zero-order chi connectivity index (χ0) is 20.0. The number of nitrogens with zero attached hydrogens (tertiary/aromatic N) is 5. The lowest BCUT2D eigenvalue weighted by Crippen LogP contribution is -2.33. The highest BCUT2D eigenvalue weighted by Crippen LogP contribution is 2.38. The van der Waals surface area contributed by atoms with Crippen LogP contribution >= 0.6 is 11.3 Å². The van der Waals surface area contributed by atoms with E-state index in [1.165, 1.54) is 10.4 Å². The fourth-order valence-electron chi connectivity index (χ4n) is 4.00. The van der Waals surface area contributed by atoms with E-state index in [9.17, 15) is 9.90 Å². The van der Waals surface area contributed by atoms with Gasteiger partial charge in [-0.3, -0.25) is 4.79 Å². The molecule has 148 valence electrons. The Hall–Kier alpha value is -2.84. The van der Waals surface area contributed by atoms with Crippen LogP contribution in [0.3, 0.4) is 0 Å². The molecule has 3 heterocycles. The number of hydrogen-bond acceptors (Lipinski definition) is 6. The van der Waals surface area contributed by atoms with Crippen LogP contribution < -0.4 is 0 Å². The van der Waals surface area contributed by atoms with Gasteiger partial charge in [0.2, 0.25) is 5.82 Å². The molecule has 8 heteroatoms.